The first kappa shape index (κ1) is 18.9. The van der Waals surface area contributed by atoms with Crippen molar-refractivity contribution >= 4 is 17.5 Å². The van der Waals surface area contributed by atoms with Gasteiger partial charge in [-0.1, -0.05) is 24.3 Å². The van der Waals surface area contributed by atoms with Gasteiger partial charge in [-0.15, -0.1) is 0 Å². The SMILES string of the molecule is O=C(Nc1ccccc1C(=O)N1CCCCC1)c1ccc(Cn2cccn2)cc1. The summed E-state index contributed by atoms with van der Waals surface area (Å²) >= 11 is 0. The number of carbonyl (C=O) groups excluding carboxylic acids is 2. The average molecular weight is 388 g/mol. The first-order valence-electron chi connectivity index (χ1n) is 9.97. The number of nitrogens with one attached hydrogen (secondary N) is 1. The number of hydrogen-bond acceptors (Lipinski definition) is 3. The van der Waals surface area contributed by atoms with E-state index in [1.54, 1.807) is 30.5 Å². The van der Waals surface area contributed by atoms with Crippen LogP contribution in [0.5, 0.6) is 0 Å². The molecule has 2 amide bonds. The third kappa shape index (κ3) is 4.54. The van der Waals surface area contributed by atoms with Crippen LogP contribution in [0.25, 0.3) is 0 Å². The molecule has 1 N–H and O–H groups in total. The van der Waals surface area contributed by atoms with Crippen LogP contribution in [0.2, 0.25) is 0 Å². The zero-order chi connectivity index (χ0) is 20.1. The number of likely N-dealkylation sites (tertiary alicyclic amines) is 1. The number of aromatic nitrogens is 2. The molecule has 1 fully saturated rings. The Morgan fingerprint density at radius 1 is 0.931 bits per heavy atom. The van der Waals surface area contributed by atoms with Gasteiger partial charge in [0, 0.05) is 31.0 Å². The Hall–Kier alpha value is -3.41. The third-order valence-electron chi connectivity index (χ3n) is 5.17. The van der Waals surface area contributed by atoms with Gasteiger partial charge in [0.1, 0.15) is 0 Å². The Bertz CT molecular complexity index is 974. The monoisotopic (exact) mass is 388 g/mol. The number of carbonyl (C=O) groups is 2. The predicted molar refractivity (Wildman–Crippen MR) is 112 cm³/mol. The first-order chi connectivity index (χ1) is 14.2. The number of rotatable bonds is 5. The molecule has 1 aromatic heterocycles. The van der Waals surface area contributed by atoms with E-state index in [1.807, 2.05) is 46.1 Å². The fourth-order valence-corrected chi connectivity index (χ4v) is 3.58. The molecule has 3 aromatic rings. The van der Waals surface area contributed by atoms with E-state index < -0.39 is 0 Å². The minimum atomic E-state index is -0.227. The molecule has 2 heterocycles. The number of benzene rings is 2. The van der Waals surface area contributed by atoms with Gasteiger partial charge >= 0.3 is 0 Å². The standard InChI is InChI=1S/C23H24N4O2/c28-22(19-11-9-18(10-12-19)17-27-16-6-13-24-27)25-21-8-3-2-7-20(21)23(29)26-14-4-1-5-15-26/h2-3,6-13,16H,1,4-5,14-15,17H2,(H,25,28). The number of piperidine rings is 1. The predicted octanol–water partition coefficient (Wildman–Crippen LogP) is 3.81. The molecule has 2 aromatic carbocycles. The summed E-state index contributed by atoms with van der Waals surface area (Å²) in [5.41, 5.74) is 2.70. The van der Waals surface area contributed by atoms with Crippen molar-refractivity contribution in [3.63, 3.8) is 0 Å². The van der Waals surface area contributed by atoms with Gasteiger partial charge < -0.3 is 10.2 Å². The van der Waals surface area contributed by atoms with E-state index in [9.17, 15) is 9.59 Å². The molecule has 148 valence electrons. The molecule has 0 bridgehead atoms. The lowest BCUT2D eigenvalue weighted by Gasteiger charge is -2.27. The normalized spacial score (nSPS) is 13.9. The van der Waals surface area contributed by atoms with Crippen LogP contribution in [0.4, 0.5) is 5.69 Å². The maximum Gasteiger partial charge on any atom is 0.255 e. The van der Waals surface area contributed by atoms with Crippen LogP contribution in [0.15, 0.2) is 67.0 Å². The van der Waals surface area contributed by atoms with Gasteiger partial charge in [0.05, 0.1) is 17.8 Å². The van der Waals surface area contributed by atoms with Gasteiger partial charge in [0.2, 0.25) is 0 Å². The molecule has 6 nitrogen and oxygen atoms in total. The largest absolute Gasteiger partial charge is 0.339 e. The summed E-state index contributed by atoms with van der Waals surface area (Å²) in [6.07, 6.45) is 6.87. The van der Waals surface area contributed by atoms with Gasteiger partial charge in [-0.3, -0.25) is 14.3 Å². The van der Waals surface area contributed by atoms with E-state index in [2.05, 4.69) is 10.4 Å². The molecular formula is C23H24N4O2. The maximum absolute atomic E-state index is 12.9. The van der Waals surface area contributed by atoms with Gasteiger partial charge in [-0.2, -0.15) is 5.10 Å². The molecule has 6 heteroatoms. The van der Waals surface area contributed by atoms with Crippen LogP contribution in [0, 0.1) is 0 Å². The quantitative estimate of drug-likeness (QED) is 0.723. The fraction of sp³-hybridized carbons (Fsp3) is 0.261. The van der Waals surface area contributed by atoms with Gasteiger partial charge in [-0.25, -0.2) is 0 Å². The maximum atomic E-state index is 12.9. The summed E-state index contributed by atoms with van der Waals surface area (Å²) in [6, 6.07) is 16.5. The summed E-state index contributed by atoms with van der Waals surface area (Å²) in [5.74, 6) is -0.246. The minimum absolute atomic E-state index is 0.0184. The lowest BCUT2D eigenvalue weighted by molar-refractivity contribution is 0.0725. The number of anilines is 1. The lowest BCUT2D eigenvalue weighted by Crippen LogP contribution is -2.36. The van der Waals surface area contributed by atoms with Crippen LogP contribution >= 0.6 is 0 Å². The Morgan fingerprint density at radius 3 is 2.41 bits per heavy atom. The van der Waals surface area contributed by atoms with Crippen LogP contribution in [0.3, 0.4) is 0 Å². The molecule has 0 atom stereocenters. The average Bonchev–Trinajstić information content (AvgIpc) is 3.28. The molecule has 0 aliphatic carbocycles. The molecule has 1 aliphatic heterocycles. The molecule has 0 saturated carbocycles. The smallest absolute Gasteiger partial charge is 0.255 e. The molecule has 0 radical (unpaired) electrons. The molecule has 0 spiro atoms. The number of nitrogens with zero attached hydrogens (tertiary/aromatic N) is 3. The van der Waals surface area contributed by atoms with E-state index in [0.717, 1.165) is 31.5 Å². The van der Waals surface area contributed by atoms with Crippen molar-refractivity contribution in [1.82, 2.24) is 14.7 Å². The Balaban J connectivity index is 1.46. The van der Waals surface area contributed by atoms with Crippen molar-refractivity contribution in [1.29, 1.82) is 0 Å². The van der Waals surface area contributed by atoms with Crippen molar-refractivity contribution in [2.24, 2.45) is 0 Å². The molecule has 0 unspecified atom stereocenters. The topological polar surface area (TPSA) is 67.2 Å². The lowest BCUT2D eigenvalue weighted by atomic mass is 10.1. The van der Waals surface area contributed by atoms with Crippen molar-refractivity contribution in [2.75, 3.05) is 18.4 Å². The van der Waals surface area contributed by atoms with Crippen molar-refractivity contribution < 1.29 is 9.59 Å². The molecule has 29 heavy (non-hydrogen) atoms. The number of amides is 2. The van der Waals surface area contributed by atoms with Gasteiger partial charge in [-0.05, 0) is 55.2 Å². The van der Waals surface area contributed by atoms with Crippen LogP contribution in [-0.2, 0) is 6.54 Å². The summed E-state index contributed by atoms with van der Waals surface area (Å²) in [4.78, 5) is 27.5. The van der Waals surface area contributed by atoms with Gasteiger partial charge in [0.15, 0.2) is 0 Å². The Morgan fingerprint density at radius 2 is 1.69 bits per heavy atom. The van der Waals surface area contributed by atoms with E-state index >= 15 is 0 Å². The second-order valence-electron chi connectivity index (χ2n) is 7.25. The highest BCUT2D eigenvalue weighted by Crippen LogP contribution is 2.21. The molecule has 4 rings (SSSR count). The Kier molecular flexibility index (Phi) is 5.70. The molecule has 1 saturated heterocycles. The zero-order valence-electron chi connectivity index (χ0n) is 16.3. The van der Waals surface area contributed by atoms with E-state index in [-0.39, 0.29) is 11.8 Å². The summed E-state index contributed by atoms with van der Waals surface area (Å²) in [6.45, 7) is 2.21. The van der Waals surface area contributed by atoms with Crippen molar-refractivity contribution in [3.8, 4) is 0 Å². The first-order valence-corrected chi connectivity index (χ1v) is 9.97. The molecule has 1 aliphatic rings. The zero-order valence-corrected chi connectivity index (χ0v) is 16.3. The van der Waals surface area contributed by atoms with Crippen molar-refractivity contribution in [3.05, 3.63) is 83.7 Å². The summed E-state index contributed by atoms with van der Waals surface area (Å²) in [5, 5.41) is 7.10. The van der Waals surface area contributed by atoms with Crippen LogP contribution in [0.1, 0.15) is 45.5 Å². The highest BCUT2D eigenvalue weighted by atomic mass is 16.2. The Labute approximate surface area is 170 Å². The second kappa shape index (κ2) is 8.73. The van der Waals surface area contributed by atoms with Crippen LogP contribution < -0.4 is 5.32 Å². The summed E-state index contributed by atoms with van der Waals surface area (Å²) < 4.78 is 1.83. The number of para-hydroxylation sites is 1. The van der Waals surface area contributed by atoms with E-state index in [0.29, 0.717) is 23.4 Å². The van der Waals surface area contributed by atoms with Gasteiger partial charge in [0.25, 0.3) is 11.8 Å². The third-order valence-corrected chi connectivity index (χ3v) is 5.17. The highest BCUT2D eigenvalue weighted by molar-refractivity contribution is 6.09. The van der Waals surface area contributed by atoms with E-state index in [4.69, 9.17) is 0 Å². The second-order valence-corrected chi connectivity index (χ2v) is 7.25. The van der Waals surface area contributed by atoms with Crippen molar-refractivity contribution in [2.45, 2.75) is 25.8 Å². The highest BCUT2D eigenvalue weighted by Gasteiger charge is 2.21. The van der Waals surface area contributed by atoms with Crippen LogP contribution in [-0.4, -0.2) is 39.6 Å². The fourth-order valence-electron chi connectivity index (χ4n) is 3.58. The van der Waals surface area contributed by atoms with E-state index in [1.165, 1.54) is 6.42 Å². The summed E-state index contributed by atoms with van der Waals surface area (Å²) in [7, 11) is 0. The molecular weight excluding hydrogens is 364 g/mol. The number of hydrogen-bond donors (Lipinski definition) is 1. The minimum Gasteiger partial charge on any atom is -0.339 e.